The first-order valence-electron chi connectivity index (χ1n) is 8.31. The largest absolute Gasteiger partial charge is 0.439 e. The summed E-state index contributed by atoms with van der Waals surface area (Å²) >= 11 is 17.0. The van der Waals surface area contributed by atoms with Crippen LogP contribution in [-0.4, -0.2) is 14.9 Å². The summed E-state index contributed by atoms with van der Waals surface area (Å²) in [5, 5.41) is 13.7. The molecule has 6 nitrogen and oxygen atoms in total. The molecule has 3 rings (SSSR count). The summed E-state index contributed by atoms with van der Waals surface area (Å²) in [7, 11) is 0. The highest BCUT2D eigenvalue weighted by molar-refractivity contribution is 7.81. The number of hydrogen-bond donors (Lipinski definition) is 1. The number of pyridine rings is 1. The molecule has 0 spiro atoms. The van der Waals surface area contributed by atoms with Crippen LogP contribution in [0.3, 0.4) is 0 Å². The standard InChI is InChI=1S/C19H10Cl2F3N3O3S/c20-15-6-3-12(27(28)29)9-14(15)18(31)25-11-1-4-13(5-2-11)30-17-8-10(19(22,23)24)7-16(21)26-17/h1-9H,(H,25,31). The third kappa shape index (κ3) is 5.81. The molecule has 2 aromatic carbocycles. The van der Waals surface area contributed by atoms with Gasteiger partial charge in [0.25, 0.3) is 5.69 Å². The minimum Gasteiger partial charge on any atom is -0.439 e. The van der Waals surface area contributed by atoms with E-state index in [0.29, 0.717) is 11.8 Å². The third-order valence-electron chi connectivity index (χ3n) is 3.84. The summed E-state index contributed by atoms with van der Waals surface area (Å²) in [6.07, 6.45) is -4.60. The summed E-state index contributed by atoms with van der Waals surface area (Å²) in [6, 6.07) is 11.3. The van der Waals surface area contributed by atoms with Crippen LogP contribution in [0.4, 0.5) is 24.5 Å². The predicted molar refractivity (Wildman–Crippen MR) is 114 cm³/mol. The van der Waals surface area contributed by atoms with Crippen LogP contribution >= 0.6 is 35.4 Å². The lowest BCUT2D eigenvalue weighted by Gasteiger charge is -2.12. The third-order valence-corrected chi connectivity index (χ3v) is 4.68. The van der Waals surface area contributed by atoms with Crippen molar-refractivity contribution < 1.29 is 22.8 Å². The van der Waals surface area contributed by atoms with Crippen molar-refractivity contribution in [1.29, 1.82) is 0 Å². The molecule has 160 valence electrons. The molecule has 0 fully saturated rings. The first-order valence-corrected chi connectivity index (χ1v) is 9.47. The monoisotopic (exact) mass is 487 g/mol. The zero-order valence-electron chi connectivity index (χ0n) is 15.1. The average molecular weight is 488 g/mol. The van der Waals surface area contributed by atoms with E-state index in [-0.39, 0.29) is 38.0 Å². The first-order chi connectivity index (χ1) is 14.5. The second kappa shape index (κ2) is 9.04. The van der Waals surface area contributed by atoms with Gasteiger partial charge in [0, 0.05) is 29.4 Å². The quantitative estimate of drug-likeness (QED) is 0.182. The fourth-order valence-electron chi connectivity index (χ4n) is 2.42. The molecule has 0 unspecified atom stereocenters. The Kier molecular flexibility index (Phi) is 6.63. The van der Waals surface area contributed by atoms with Crippen molar-refractivity contribution in [3.63, 3.8) is 0 Å². The number of alkyl halides is 3. The van der Waals surface area contributed by atoms with E-state index in [1.807, 2.05) is 0 Å². The van der Waals surface area contributed by atoms with Gasteiger partial charge in [0.15, 0.2) is 0 Å². The molecule has 0 saturated heterocycles. The molecule has 0 bridgehead atoms. The molecular formula is C19H10Cl2F3N3O3S. The van der Waals surface area contributed by atoms with Gasteiger partial charge in [-0.2, -0.15) is 13.2 Å². The molecule has 0 amide bonds. The number of anilines is 1. The molecule has 0 atom stereocenters. The minimum atomic E-state index is -4.60. The van der Waals surface area contributed by atoms with Gasteiger partial charge in [-0.15, -0.1) is 0 Å². The molecule has 0 aliphatic heterocycles. The molecule has 0 aliphatic carbocycles. The first kappa shape index (κ1) is 22.7. The molecule has 1 aromatic heterocycles. The van der Waals surface area contributed by atoms with E-state index in [1.54, 1.807) is 12.1 Å². The van der Waals surface area contributed by atoms with Crippen LogP contribution in [0, 0.1) is 10.1 Å². The fraction of sp³-hybridized carbons (Fsp3) is 0.0526. The van der Waals surface area contributed by atoms with E-state index in [9.17, 15) is 23.3 Å². The van der Waals surface area contributed by atoms with E-state index >= 15 is 0 Å². The van der Waals surface area contributed by atoms with E-state index in [0.717, 1.165) is 6.07 Å². The van der Waals surface area contributed by atoms with E-state index in [1.165, 1.54) is 30.3 Å². The number of nitrogens with zero attached hydrogens (tertiary/aromatic N) is 2. The van der Waals surface area contributed by atoms with Crippen molar-refractivity contribution in [2.75, 3.05) is 5.32 Å². The van der Waals surface area contributed by atoms with Crippen molar-refractivity contribution in [3.8, 4) is 11.6 Å². The number of aromatic nitrogens is 1. The lowest BCUT2D eigenvalue weighted by molar-refractivity contribution is -0.384. The topological polar surface area (TPSA) is 77.3 Å². The van der Waals surface area contributed by atoms with E-state index in [4.69, 9.17) is 40.2 Å². The van der Waals surface area contributed by atoms with Gasteiger partial charge in [-0.3, -0.25) is 10.1 Å². The summed E-state index contributed by atoms with van der Waals surface area (Å²) < 4.78 is 44.0. The van der Waals surface area contributed by atoms with Crippen LogP contribution in [0.1, 0.15) is 11.1 Å². The van der Waals surface area contributed by atoms with Crippen molar-refractivity contribution >= 4 is 51.8 Å². The number of benzene rings is 2. The molecule has 1 heterocycles. The Morgan fingerprint density at radius 3 is 2.39 bits per heavy atom. The SMILES string of the molecule is O=[N+]([O-])c1ccc(Cl)c(C(=S)Nc2ccc(Oc3cc(C(F)(F)F)cc(Cl)n3)cc2)c1. The average Bonchev–Trinajstić information content (AvgIpc) is 2.68. The summed E-state index contributed by atoms with van der Waals surface area (Å²) in [4.78, 5) is 14.2. The molecule has 12 heteroatoms. The van der Waals surface area contributed by atoms with Crippen molar-refractivity contribution in [2.45, 2.75) is 6.18 Å². The summed E-state index contributed by atoms with van der Waals surface area (Å²) in [5.74, 6) is -0.118. The number of nitro groups is 1. The Morgan fingerprint density at radius 1 is 1.10 bits per heavy atom. The Morgan fingerprint density at radius 2 is 1.77 bits per heavy atom. The van der Waals surface area contributed by atoms with Gasteiger partial charge >= 0.3 is 6.18 Å². The lowest BCUT2D eigenvalue weighted by Crippen LogP contribution is -2.11. The lowest BCUT2D eigenvalue weighted by atomic mass is 10.2. The maximum atomic E-state index is 12.9. The molecule has 0 saturated carbocycles. The Balaban J connectivity index is 1.74. The van der Waals surface area contributed by atoms with Crippen molar-refractivity contribution in [3.05, 3.63) is 86.0 Å². The second-order valence-electron chi connectivity index (χ2n) is 6.02. The van der Waals surface area contributed by atoms with Crippen molar-refractivity contribution in [1.82, 2.24) is 4.98 Å². The summed E-state index contributed by atoms with van der Waals surface area (Å²) in [5.41, 5.74) is -0.386. The minimum absolute atomic E-state index is 0.147. The van der Waals surface area contributed by atoms with Gasteiger partial charge in [0.2, 0.25) is 5.88 Å². The van der Waals surface area contributed by atoms with Crippen LogP contribution in [-0.2, 0) is 6.18 Å². The Hall–Kier alpha value is -2.95. The van der Waals surface area contributed by atoms with Crippen molar-refractivity contribution in [2.24, 2.45) is 0 Å². The van der Waals surface area contributed by atoms with Crippen LogP contribution < -0.4 is 10.1 Å². The van der Waals surface area contributed by atoms with Crippen LogP contribution in [0.2, 0.25) is 10.2 Å². The van der Waals surface area contributed by atoms with E-state index < -0.39 is 16.7 Å². The zero-order valence-corrected chi connectivity index (χ0v) is 17.4. The maximum Gasteiger partial charge on any atom is 0.416 e. The van der Waals surface area contributed by atoms with Crippen LogP contribution in [0.15, 0.2) is 54.6 Å². The second-order valence-corrected chi connectivity index (χ2v) is 7.22. The highest BCUT2D eigenvalue weighted by atomic mass is 35.5. The van der Waals surface area contributed by atoms with Gasteiger partial charge in [-0.25, -0.2) is 4.98 Å². The number of nitrogens with one attached hydrogen (secondary N) is 1. The smallest absolute Gasteiger partial charge is 0.416 e. The number of hydrogen-bond acceptors (Lipinski definition) is 5. The van der Waals surface area contributed by atoms with E-state index in [2.05, 4.69) is 10.3 Å². The van der Waals surface area contributed by atoms with Crippen LogP contribution in [0.5, 0.6) is 11.6 Å². The number of halogens is 5. The van der Waals surface area contributed by atoms with Crippen LogP contribution in [0.25, 0.3) is 0 Å². The molecular weight excluding hydrogens is 478 g/mol. The molecule has 3 aromatic rings. The molecule has 0 radical (unpaired) electrons. The molecule has 1 N–H and O–H groups in total. The highest BCUT2D eigenvalue weighted by Gasteiger charge is 2.31. The molecule has 0 aliphatic rings. The number of nitro benzene ring substituents is 1. The number of non-ortho nitro benzene ring substituents is 1. The van der Waals surface area contributed by atoms with Gasteiger partial charge in [-0.05, 0) is 36.4 Å². The number of ether oxygens (including phenoxy) is 1. The highest BCUT2D eigenvalue weighted by Crippen LogP contribution is 2.34. The normalized spacial score (nSPS) is 11.1. The Labute approximate surface area is 188 Å². The van der Waals surface area contributed by atoms with Gasteiger partial charge in [-0.1, -0.05) is 35.4 Å². The number of rotatable bonds is 5. The zero-order chi connectivity index (χ0) is 22.8. The Bertz CT molecular complexity index is 1160. The fourth-order valence-corrected chi connectivity index (χ4v) is 3.17. The van der Waals surface area contributed by atoms with Gasteiger partial charge < -0.3 is 10.1 Å². The van der Waals surface area contributed by atoms with Gasteiger partial charge in [0.1, 0.15) is 15.9 Å². The molecule has 31 heavy (non-hydrogen) atoms. The summed E-state index contributed by atoms with van der Waals surface area (Å²) in [6.45, 7) is 0. The maximum absolute atomic E-state index is 12.9. The number of thiocarbonyl (C=S) groups is 1. The predicted octanol–water partition coefficient (Wildman–Crippen LogP) is 6.90. The van der Waals surface area contributed by atoms with Gasteiger partial charge in [0.05, 0.1) is 15.5 Å².